The maximum Gasteiger partial charge on any atom is 0.261 e. The predicted octanol–water partition coefficient (Wildman–Crippen LogP) is 2.23. The molecular formula is C19H22N2O4S2. The summed E-state index contributed by atoms with van der Waals surface area (Å²) in [7, 11) is -3.65. The zero-order chi connectivity index (χ0) is 19.2. The van der Waals surface area contributed by atoms with E-state index in [1.807, 2.05) is 6.07 Å². The molecule has 0 spiro atoms. The highest BCUT2D eigenvalue weighted by atomic mass is 32.2. The molecule has 1 saturated heterocycles. The van der Waals surface area contributed by atoms with Gasteiger partial charge in [0.2, 0.25) is 0 Å². The van der Waals surface area contributed by atoms with Gasteiger partial charge in [-0.3, -0.25) is 4.79 Å². The van der Waals surface area contributed by atoms with Gasteiger partial charge in [0, 0.05) is 13.1 Å². The number of rotatable bonds is 4. The van der Waals surface area contributed by atoms with Crippen LogP contribution < -0.4 is 5.32 Å². The first-order valence-electron chi connectivity index (χ1n) is 9.03. The van der Waals surface area contributed by atoms with E-state index in [0.29, 0.717) is 17.8 Å². The molecule has 0 saturated carbocycles. The molecule has 0 radical (unpaired) electrons. The van der Waals surface area contributed by atoms with Gasteiger partial charge in [0.1, 0.15) is 4.21 Å². The molecule has 2 aromatic rings. The Morgan fingerprint density at radius 1 is 1.26 bits per heavy atom. The van der Waals surface area contributed by atoms with Crippen LogP contribution in [-0.4, -0.2) is 42.9 Å². The third-order valence-corrected chi connectivity index (χ3v) is 8.62. The van der Waals surface area contributed by atoms with Crippen LogP contribution in [0.25, 0.3) is 0 Å². The Morgan fingerprint density at radius 2 is 2.07 bits per heavy atom. The van der Waals surface area contributed by atoms with Crippen LogP contribution in [0.2, 0.25) is 0 Å². The van der Waals surface area contributed by atoms with Crippen LogP contribution in [0, 0.1) is 6.92 Å². The van der Waals surface area contributed by atoms with Gasteiger partial charge in [-0.05, 0) is 49.4 Å². The van der Waals surface area contributed by atoms with E-state index in [1.54, 1.807) is 6.07 Å². The molecule has 144 valence electrons. The van der Waals surface area contributed by atoms with Crippen molar-refractivity contribution in [1.29, 1.82) is 0 Å². The van der Waals surface area contributed by atoms with Crippen LogP contribution in [0.3, 0.4) is 0 Å². The number of β-amino-alcohol motifs (C(OH)–C–C–N with tert-alkyl or cyclic N) is 1. The summed E-state index contributed by atoms with van der Waals surface area (Å²) in [5.74, 6) is -0.249. The van der Waals surface area contributed by atoms with Gasteiger partial charge in [0.15, 0.2) is 0 Å². The monoisotopic (exact) mass is 406 g/mol. The summed E-state index contributed by atoms with van der Waals surface area (Å²) in [5.41, 5.74) is 3.62. The fourth-order valence-corrected chi connectivity index (χ4v) is 6.62. The second kappa shape index (κ2) is 7.01. The number of aryl methyl sites for hydroxylation is 2. The average Bonchev–Trinajstić information content (AvgIpc) is 3.34. The van der Waals surface area contributed by atoms with Gasteiger partial charge in [-0.1, -0.05) is 23.8 Å². The normalized spacial score (nSPS) is 22.7. The van der Waals surface area contributed by atoms with Crippen LogP contribution in [-0.2, 0) is 16.4 Å². The molecule has 1 fully saturated rings. The molecular weight excluding hydrogens is 384 g/mol. The second-order valence-corrected chi connectivity index (χ2v) is 10.4. The lowest BCUT2D eigenvalue weighted by molar-refractivity contribution is 0.0941. The number of thiophene rings is 1. The summed E-state index contributed by atoms with van der Waals surface area (Å²) in [6, 6.07) is 9.26. The largest absolute Gasteiger partial charge is 0.392 e. The van der Waals surface area contributed by atoms with Crippen molar-refractivity contribution in [2.24, 2.45) is 0 Å². The highest BCUT2D eigenvalue weighted by Crippen LogP contribution is 2.33. The van der Waals surface area contributed by atoms with Gasteiger partial charge >= 0.3 is 0 Å². The number of fused-ring (bicyclic) bond motifs is 1. The van der Waals surface area contributed by atoms with Gasteiger partial charge in [0.05, 0.1) is 17.0 Å². The molecule has 2 heterocycles. The Morgan fingerprint density at radius 3 is 2.81 bits per heavy atom. The number of carbonyl (C=O) groups excluding carboxylic acids is 1. The molecule has 6 nitrogen and oxygen atoms in total. The lowest BCUT2D eigenvalue weighted by Crippen LogP contribution is -2.29. The van der Waals surface area contributed by atoms with Crippen molar-refractivity contribution in [2.45, 2.75) is 42.5 Å². The van der Waals surface area contributed by atoms with E-state index in [4.69, 9.17) is 0 Å². The smallest absolute Gasteiger partial charge is 0.261 e. The first kappa shape index (κ1) is 18.6. The summed E-state index contributed by atoms with van der Waals surface area (Å²) in [6.07, 6.45) is 1.61. The van der Waals surface area contributed by atoms with E-state index in [-0.39, 0.29) is 22.7 Å². The summed E-state index contributed by atoms with van der Waals surface area (Å²) < 4.78 is 26.7. The van der Waals surface area contributed by atoms with Crippen LogP contribution >= 0.6 is 11.3 Å². The topological polar surface area (TPSA) is 86.7 Å². The number of nitrogens with one attached hydrogen (secondary N) is 1. The molecule has 1 aliphatic carbocycles. The molecule has 8 heteroatoms. The van der Waals surface area contributed by atoms with Gasteiger partial charge < -0.3 is 10.4 Å². The lowest BCUT2D eigenvalue weighted by Gasteiger charge is -2.14. The standard InChI is InChI=1S/C19H22N2O4S2/c1-12-2-4-15-13(10-12)3-5-16(15)20-19(23)17-6-7-18(26-17)27(24,25)21-9-8-14(22)11-21/h2,4,6-7,10,14,16,22H,3,5,8-9,11H2,1H3,(H,20,23)/t14-,16-/m1/s1. The Hall–Kier alpha value is -1.74. The first-order valence-corrected chi connectivity index (χ1v) is 11.3. The molecule has 0 unspecified atom stereocenters. The van der Waals surface area contributed by atoms with Gasteiger partial charge in [-0.2, -0.15) is 4.31 Å². The van der Waals surface area contributed by atoms with Gasteiger partial charge in [-0.15, -0.1) is 11.3 Å². The van der Waals surface area contributed by atoms with Gasteiger partial charge in [0.25, 0.3) is 15.9 Å². The minimum Gasteiger partial charge on any atom is -0.392 e. The van der Waals surface area contributed by atoms with Crippen molar-refractivity contribution in [3.63, 3.8) is 0 Å². The average molecular weight is 407 g/mol. The maximum absolute atomic E-state index is 12.6. The Balaban J connectivity index is 1.49. The number of aliphatic hydroxyl groups excluding tert-OH is 1. The fraction of sp³-hybridized carbons (Fsp3) is 0.421. The minimum atomic E-state index is -3.65. The number of amides is 1. The van der Waals surface area contributed by atoms with Crippen molar-refractivity contribution in [1.82, 2.24) is 9.62 Å². The molecule has 27 heavy (non-hydrogen) atoms. The third-order valence-electron chi connectivity index (χ3n) is 5.21. The molecule has 1 aliphatic heterocycles. The summed E-state index contributed by atoms with van der Waals surface area (Å²) in [5, 5.41) is 12.6. The van der Waals surface area contributed by atoms with Gasteiger partial charge in [-0.25, -0.2) is 8.42 Å². The molecule has 2 aliphatic rings. The highest BCUT2D eigenvalue weighted by molar-refractivity contribution is 7.91. The third kappa shape index (κ3) is 3.54. The molecule has 2 atom stereocenters. The molecule has 2 N–H and O–H groups in total. The highest BCUT2D eigenvalue weighted by Gasteiger charge is 2.33. The predicted molar refractivity (Wildman–Crippen MR) is 103 cm³/mol. The Bertz CT molecular complexity index is 983. The number of hydrogen-bond donors (Lipinski definition) is 2. The number of aliphatic hydroxyl groups is 1. The number of carbonyl (C=O) groups is 1. The van der Waals surface area contributed by atoms with E-state index in [0.717, 1.165) is 29.7 Å². The zero-order valence-corrected chi connectivity index (χ0v) is 16.6. The van der Waals surface area contributed by atoms with E-state index < -0.39 is 16.1 Å². The fourth-order valence-electron chi connectivity index (χ4n) is 3.76. The van der Waals surface area contributed by atoms with E-state index >= 15 is 0 Å². The molecule has 0 bridgehead atoms. The number of sulfonamides is 1. The van der Waals surface area contributed by atoms with E-state index in [1.165, 1.54) is 21.5 Å². The van der Waals surface area contributed by atoms with Crippen molar-refractivity contribution >= 4 is 27.3 Å². The Labute approximate surface area is 162 Å². The van der Waals surface area contributed by atoms with Crippen molar-refractivity contribution in [3.8, 4) is 0 Å². The molecule has 4 rings (SSSR count). The number of nitrogens with zero attached hydrogens (tertiary/aromatic N) is 1. The zero-order valence-electron chi connectivity index (χ0n) is 15.0. The maximum atomic E-state index is 12.6. The lowest BCUT2D eigenvalue weighted by atomic mass is 10.1. The van der Waals surface area contributed by atoms with Crippen LogP contribution in [0.4, 0.5) is 0 Å². The molecule has 1 aromatic carbocycles. The number of hydrogen-bond acceptors (Lipinski definition) is 5. The Kier molecular flexibility index (Phi) is 4.84. The first-order chi connectivity index (χ1) is 12.8. The second-order valence-electron chi connectivity index (χ2n) is 7.19. The van der Waals surface area contributed by atoms with E-state index in [2.05, 4.69) is 24.4 Å². The summed E-state index contributed by atoms with van der Waals surface area (Å²) in [4.78, 5) is 13.0. The SMILES string of the molecule is Cc1ccc2c(c1)CC[C@H]2NC(=O)c1ccc(S(=O)(=O)N2CC[C@@H](O)C2)s1. The van der Waals surface area contributed by atoms with E-state index in [9.17, 15) is 18.3 Å². The molecule has 1 aromatic heterocycles. The van der Waals surface area contributed by atoms with Crippen molar-refractivity contribution < 1.29 is 18.3 Å². The van der Waals surface area contributed by atoms with Crippen molar-refractivity contribution in [3.05, 3.63) is 51.9 Å². The van der Waals surface area contributed by atoms with Crippen LogP contribution in [0.1, 0.15) is 45.2 Å². The number of benzene rings is 1. The summed E-state index contributed by atoms with van der Waals surface area (Å²) in [6.45, 7) is 2.47. The molecule has 1 amide bonds. The quantitative estimate of drug-likeness (QED) is 0.815. The van der Waals surface area contributed by atoms with Crippen LogP contribution in [0.15, 0.2) is 34.5 Å². The van der Waals surface area contributed by atoms with Crippen molar-refractivity contribution in [2.75, 3.05) is 13.1 Å². The minimum absolute atomic E-state index is 0.0380. The van der Waals surface area contributed by atoms with Crippen LogP contribution in [0.5, 0.6) is 0 Å². The summed E-state index contributed by atoms with van der Waals surface area (Å²) >= 11 is 0.980.